The molecule has 0 N–H and O–H groups in total. The summed E-state index contributed by atoms with van der Waals surface area (Å²) in [5, 5.41) is 0. The Kier molecular flexibility index (Phi) is 4.86. The van der Waals surface area contributed by atoms with Crippen molar-refractivity contribution >= 4 is 6.98 Å². The first-order valence-corrected chi connectivity index (χ1v) is 4.70. The van der Waals surface area contributed by atoms with Gasteiger partial charge in [-0.25, -0.2) is 0 Å². The number of rotatable bonds is 3. The molecule has 1 nitrogen and oxygen atoms in total. The Bertz CT molecular complexity index is 338. The summed E-state index contributed by atoms with van der Waals surface area (Å²) in [5.41, 5.74) is 1.16. The van der Waals surface area contributed by atoms with Gasteiger partial charge in [0.2, 0.25) is 0 Å². The normalized spacial score (nSPS) is 15.9. The third-order valence-corrected chi connectivity index (χ3v) is 2.33. The van der Waals surface area contributed by atoms with E-state index in [2.05, 4.69) is 4.98 Å². The van der Waals surface area contributed by atoms with Crippen molar-refractivity contribution in [3.63, 3.8) is 0 Å². The van der Waals surface area contributed by atoms with E-state index in [9.17, 15) is 12.9 Å². The monoisotopic (exact) mass is 239 g/mol. The fourth-order valence-corrected chi connectivity index (χ4v) is 1.52. The van der Waals surface area contributed by atoms with Gasteiger partial charge in [-0.3, -0.25) is 4.98 Å². The van der Waals surface area contributed by atoms with Gasteiger partial charge < -0.3 is 12.9 Å². The average molecular weight is 239 g/mol. The van der Waals surface area contributed by atoms with Crippen LogP contribution in [-0.2, 0) is 6.32 Å². The molecule has 0 atom stereocenters. The maximum absolute atomic E-state index is 12.1. The van der Waals surface area contributed by atoms with Crippen LogP contribution in [0.2, 0.25) is 0 Å². The van der Waals surface area contributed by atoms with Crippen molar-refractivity contribution in [2.24, 2.45) is 0 Å². The van der Waals surface area contributed by atoms with Gasteiger partial charge in [-0.1, -0.05) is 0 Å². The molecule has 1 aromatic rings. The molecule has 15 heavy (non-hydrogen) atoms. The predicted molar refractivity (Wildman–Crippen MR) is 49.0 cm³/mol. The molecular formula is C9H10BF3KN. The fourth-order valence-electron chi connectivity index (χ4n) is 1.52. The molecule has 6 heteroatoms. The van der Waals surface area contributed by atoms with Crippen LogP contribution in [0.5, 0.6) is 0 Å². The van der Waals surface area contributed by atoms with Crippen molar-refractivity contribution in [2.45, 2.75) is 25.1 Å². The first kappa shape index (κ1) is 13.7. The van der Waals surface area contributed by atoms with Crippen LogP contribution in [0.15, 0.2) is 18.3 Å². The van der Waals surface area contributed by atoms with E-state index >= 15 is 0 Å². The summed E-state index contributed by atoms with van der Waals surface area (Å²) >= 11 is 0. The Hall–Kier alpha value is 0.641. The molecule has 0 unspecified atom stereocenters. The summed E-state index contributed by atoms with van der Waals surface area (Å²) in [7, 11) is 0. The second-order valence-electron chi connectivity index (χ2n) is 3.77. The van der Waals surface area contributed by atoms with Gasteiger partial charge in [0.05, 0.1) is 0 Å². The summed E-state index contributed by atoms with van der Waals surface area (Å²) < 4.78 is 36.3. The number of hydrogen-bond acceptors (Lipinski definition) is 1. The zero-order valence-corrected chi connectivity index (χ0v) is 11.7. The number of pyridine rings is 1. The molecule has 1 aliphatic rings. The Balaban J connectivity index is 0.00000112. The molecule has 1 aliphatic carbocycles. The van der Waals surface area contributed by atoms with Crippen LogP contribution in [0.1, 0.15) is 30.0 Å². The van der Waals surface area contributed by atoms with Crippen LogP contribution in [0, 0.1) is 0 Å². The van der Waals surface area contributed by atoms with Crippen molar-refractivity contribution < 1.29 is 64.3 Å². The predicted octanol–water partition coefficient (Wildman–Crippen LogP) is -0.108. The minimum absolute atomic E-state index is 0. The SMILES string of the molecule is F[B-](F)(F)Cc1cc(C2CC2)ccn1.[K+]. The Morgan fingerprint density at radius 2 is 2.00 bits per heavy atom. The van der Waals surface area contributed by atoms with Crippen LogP contribution in [0.4, 0.5) is 12.9 Å². The minimum Gasteiger partial charge on any atom is -0.449 e. The quantitative estimate of drug-likeness (QED) is 0.671. The molecule has 1 saturated carbocycles. The van der Waals surface area contributed by atoms with Gasteiger partial charge in [0.1, 0.15) is 0 Å². The third-order valence-electron chi connectivity index (χ3n) is 2.33. The van der Waals surface area contributed by atoms with Crippen LogP contribution in [-0.4, -0.2) is 12.0 Å². The third kappa shape index (κ3) is 4.56. The largest absolute Gasteiger partial charge is 1.00 e. The van der Waals surface area contributed by atoms with Crippen molar-refractivity contribution in [3.8, 4) is 0 Å². The molecule has 0 bridgehead atoms. The van der Waals surface area contributed by atoms with E-state index in [1.54, 1.807) is 6.07 Å². The van der Waals surface area contributed by atoms with Crippen LogP contribution in [0.3, 0.4) is 0 Å². The molecular weight excluding hydrogens is 229 g/mol. The molecule has 1 heterocycles. The number of aromatic nitrogens is 1. The van der Waals surface area contributed by atoms with E-state index in [4.69, 9.17) is 0 Å². The molecule has 0 radical (unpaired) electrons. The van der Waals surface area contributed by atoms with Crippen molar-refractivity contribution in [1.82, 2.24) is 4.98 Å². The summed E-state index contributed by atoms with van der Waals surface area (Å²) in [4.78, 5) is 3.73. The van der Waals surface area contributed by atoms with Crippen LogP contribution >= 0.6 is 0 Å². The zero-order valence-electron chi connectivity index (χ0n) is 8.59. The molecule has 1 aromatic heterocycles. The Morgan fingerprint density at radius 3 is 2.53 bits per heavy atom. The van der Waals surface area contributed by atoms with Crippen molar-refractivity contribution in [1.29, 1.82) is 0 Å². The molecule has 2 rings (SSSR count). The van der Waals surface area contributed by atoms with Gasteiger partial charge in [0.25, 0.3) is 0 Å². The van der Waals surface area contributed by atoms with Gasteiger partial charge in [0.15, 0.2) is 0 Å². The number of hydrogen-bond donors (Lipinski definition) is 0. The second-order valence-corrected chi connectivity index (χ2v) is 3.77. The van der Waals surface area contributed by atoms with E-state index < -0.39 is 13.3 Å². The second kappa shape index (κ2) is 5.31. The average Bonchev–Trinajstić information content (AvgIpc) is 2.83. The maximum atomic E-state index is 12.1. The zero-order chi connectivity index (χ0) is 10.2. The van der Waals surface area contributed by atoms with E-state index in [0.29, 0.717) is 5.92 Å². The van der Waals surface area contributed by atoms with E-state index in [-0.39, 0.29) is 57.1 Å². The van der Waals surface area contributed by atoms with Crippen molar-refractivity contribution in [3.05, 3.63) is 29.6 Å². The summed E-state index contributed by atoms with van der Waals surface area (Å²) in [5.74, 6) is 0.484. The first-order chi connectivity index (χ1) is 6.54. The van der Waals surface area contributed by atoms with Crippen molar-refractivity contribution in [2.75, 3.05) is 0 Å². The molecule has 0 spiro atoms. The van der Waals surface area contributed by atoms with E-state index in [0.717, 1.165) is 18.4 Å². The molecule has 0 aromatic carbocycles. The minimum atomic E-state index is -4.76. The number of nitrogens with zero attached hydrogens (tertiary/aromatic N) is 1. The van der Waals surface area contributed by atoms with Gasteiger partial charge in [-0.15, -0.1) is 0 Å². The smallest absolute Gasteiger partial charge is 0.449 e. The van der Waals surface area contributed by atoms with Gasteiger partial charge in [0, 0.05) is 11.9 Å². The van der Waals surface area contributed by atoms with Gasteiger partial charge in [-0.2, -0.15) is 0 Å². The first-order valence-electron chi connectivity index (χ1n) is 4.70. The van der Waals surface area contributed by atoms with Crippen LogP contribution in [0.25, 0.3) is 0 Å². The van der Waals surface area contributed by atoms with E-state index in [1.165, 1.54) is 6.20 Å². The number of halogens is 3. The summed E-state index contributed by atoms with van der Waals surface area (Å²) in [6.45, 7) is -4.76. The van der Waals surface area contributed by atoms with Gasteiger partial charge in [-0.05, 0) is 42.8 Å². The molecule has 1 fully saturated rings. The standard InChI is InChI=1S/C9H10BF3N.K/c11-10(12,13)6-9-5-8(3-4-14-9)7-1-2-7;/h3-5,7H,1-2,6H2;/q-1;+1. The van der Waals surface area contributed by atoms with E-state index in [1.807, 2.05) is 6.07 Å². The Morgan fingerprint density at radius 1 is 1.33 bits per heavy atom. The van der Waals surface area contributed by atoms with Gasteiger partial charge >= 0.3 is 58.4 Å². The molecule has 0 saturated heterocycles. The molecule has 0 amide bonds. The van der Waals surface area contributed by atoms with Crippen LogP contribution < -0.4 is 51.4 Å². The Labute approximate surface area is 129 Å². The topological polar surface area (TPSA) is 12.9 Å². The fraction of sp³-hybridized carbons (Fsp3) is 0.444. The maximum Gasteiger partial charge on any atom is 1.00 e. The summed E-state index contributed by atoms with van der Waals surface area (Å²) in [6, 6.07) is 3.40. The molecule has 0 aliphatic heterocycles. The summed E-state index contributed by atoms with van der Waals surface area (Å²) in [6.07, 6.45) is 2.81. The molecule has 76 valence electrons.